The van der Waals surface area contributed by atoms with Gasteiger partial charge in [0.15, 0.2) is 51.4 Å². The number of nitrogens with two attached hydrogens (primary N) is 2. The first-order chi connectivity index (χ1) is 43.7. The third-order valence-corrected chi connectivity index (χ3v) is 16.5. The summed E-state index contributed by atoms with van der Waals surface area (Å²) in [5.41, 5.74) is 14.6. The van der Waals surface area contributed by atoms with E-state index in [1.807, 2.05) is 22.6 Å². The van der Waals surface area contributed by atoms with Crippen molar-refractivity contribution < 1.29 is 68.4 Å². The molecular weight excluding hydrogens is 1300 g/mol. The van der Waals surface area contributed by atoms with Crippen LogP contribution in [0.3, 0.4) is 0 Å². The minimum Gasteiger partial charge on any atom is -0.445 e. The molecule has 6 aromatic rings. The lowest BCUT2D eigenvalue weighted by Crippen LogP contribution is -2.43. The molecule has 0 spiro atoms. The molecule has 91 heavy (non-hydrogen) atoms. The van der Waals surface area contributed by atoms with Gasteiger partial charge in [0.25, 0.3) is 23.2 Å². The number of halogens is 1. The van der Waals surface area contributed by atoms with Gasteiger partial charge in [-0.1, -0.05) is 5.92 Å². The molecule has 2 unspecified atom stereocenters. The second-order valence-corrected chi connectivity index (χ2v) is 23.6. The average Bonchev–Trinajstić information content (AvgIpc) is 1.66. The molecule has 0 bridgehead atoms. The standard InChI is InChI=1S/C29H32N8O8.C16H18N2O4.C13H15IN6O4/c30-25-21-26(36(15-31-21)28-23(39)22(38)24(45-28)27(40)32-18-6-7-18)34-20(33-25)3-1-2-16-10-12-35(13-11-16)29(41)44-14-17-4-8-19(9-5-17)37(42)43;1-2-3-13-8-10-17(11-9-13)16(19)22-12-14-4-6-15(7-5-14)18(20)21;14-13-18-9(15)5-10(19-13)20(3-16-5)12-7(22)6(21)8(24-12)11(23)17-4-1-2-4/h4-5,8-9,15-16,18,22-24,28,38-39H,2,6-7,10-14H2,(H,32,40)(H2,30,33,34);1,4-7,13H,3,8-12H2;3-4,6-8,12,21-22H,1-2H2,(H,17,23)(H2,15,18,19)/t22-,23?,24+,28-;;6-,7?,8+,12-/m1.1/s1. The number of nitro benzene ring substituents is 2. The molecule has 4 aliphatic heterocycles. The molecule has 6 aliphatic rings. The van der Waals surface area contributed by atoms with Gasteiger partial charge >= 0.3 is 12.2 Å². The van der Waals surface area contributed by atoms with Crippen molar-refractivity contribution in [2.75, 3.05) is 37.6 Å². The highest BCUT2D eigenvalue weighted by Gasteiger charge is 2.50. The molecule has 12 rings (SSSR count). The van der Waals surface area contributed by atoms with Crippen LogP contribution in [0.1, 0.15) is 93.6 Å². The van der Waals surface area contributed by atoms with Gasteiger partial charge in [-0.15, -0.1) is 12.3 Å². The third-order valence-electron chi connectivity index (χ3n) is 16.0. The summed E-state index contributed by atoms with van der Waals surface area (Å²) in [6, 6.07) is 12.0. The number of nitrogens with one attached hydrogen (secondary N) is 2. The number of fused-ring (bicyclic) bond motifs is 2. The van der Waals surface area contributed by atoms with Crippen LogP contribution in [0.5, 0.6) is 0 Å². The fourth-order valence-corrected chi connectivity index (χ4v) is 11.0. The molecule has 8 heterocycles. The van der Waals surface area contributed by atoms with E-state index >= 15 is 0 Å². The number of likely N-dealkylation sites (tertiary alicyclic amines) is 2. The van der Waals surface area contributed by atoms with E-state index in [0.29, 0.717) is 59.1 Å². The van der Waals surface area contributed by atoms with Crippen LogP contribution in [-0.4, -0.2) is 178 Å². The van der Waals surface area contributed by atoms with Crippen LogP contribution in [-0.2, 0) is 41.8 Å². The smallest absolute Gasteiger partial charge is 0.410 e. The number of terminal acetylenes is 1. The number of carbonyl (C=O) groups excluding carboxylic acids is 4. The molecule has 4 aromatic heterocycles. The SMILES string of the molecule is C#CCC1CCN(C(=O)OCc2ccc([N+](=O)[O-])cc2)CC1.Nc1nc(C#CCC2CCN(C(=O)OCc3ccc([N+](=O)[O-])cc3)CC2)nc2c1ncn2[C@@H]1O[C@H](C(=O)NC2CC2)[C@H](O)C1O.Nc1nc(I)nc2c1ncn2[C@@H]1O[C@H](C(=O)NC2CC2)[C@H](O)C1O. The van der Waals surface area contributed by atoms with E-state index in [2.05, 4.69) is 58.3 Å². The minimum absolute atomic E-state index is 0.0191. The van der Waals surface area contributed by atoms with E-state index in [-0.39, 0.29) is 77.3 Å². The lowest BCUT2D eigenvalue weighted by atomic mass is 9.94. The lowest BCUT2D eigenvalue weighted by molar-refractivity contribution is -0.385. The van der Waals surface area contributed by atoms with Crippen molar-refractivity contribution in [3.8, 4) is 24.2 Å². The number of rotatable bonds is 14. The van der Waals surface area contributed by atoms with E-state index in [1.165, 1.54) is 46.1 Å². The number of nitrogen functional groups attached to an aromatic ring is 2. The van der Waals surface area contributed by atoms with Gasteiger partial charge in [0, 0.05) is 98.0 Å². The Morgan fingerprint density at radius 3 is 1.46 bits per heavy atom. The number of hydrogen-bond acceptors (Lipinski definition) is 24. The summed E-state index contributed by atoms with van der Waals surface area (Å²) < 4.78 is 25.3. The largest absolute Gasteiger partial charge is 0.445 e. The van der Waals surface area contributed by atoms with Crippen molar-refractivity contribution in [3.63, 3.8) is 0 Å². The summed E-state index contributed by atoms with van der Waals surface area (Å²) in [5, 5.41) is 68.6. The quantitative estimate of drug-likeness (QED) is 0.0255. The molecule has 10 N–H and O–H groups in total. The van der Waals surface area contributed by atoms with E-state index < -0.39 is 76.8 Å². The number of imidazole rings is 2. The summed E-state index contributed by atoms with van der Waals surface area (Å²) >= 11 is 1.91. The van der Waals surface area contributed by atoms with Crippen molar-refractivity contribution in [1.29, 1.82) is 0 Å². The fraction of sp³-hybridized carbons (Fsp3) is 0.483. The van der Waals surface area contributed by atoms with Crippen LogP contribution in [0.25, 0.3) is 22.3 Å². The first-order valence-electron chi connectivity index (χ1n) is 29.2. The second kappa shape index (κ2) is 28.9. The number of aliphatic hydroxyl groups excluding tert-OH is 4. The number of amides is 4. The van der Waals surface area contributed by atoms with Crippen molar-refractivity contribution >= 4 is 91.9 Å². The molecule has 2 aliphatic carbocycles. The number of aliphatic hydroxyl groups is 4. The Morgan fingerprint density at radius 2 is 1.04 bits per heavy atom. The number of anilines is 2. The van der Waals surface area contributed by atoms with Crippen LogP contribution in [0.2, 0.25) is 0 Å². The highest BCUT2D eigenvalue weighted by Crippen LogP contribution is 2.35. The zero-order valence-corrected chi connectivity index (χ0v) is 50.8. The molecular formula is C58H65IN16O16. The number of aromatic nitrogens is 8. The van der Waals surface area contributed by atoms with Crippen LogP contribution >= 0.6 is 22.6 Å². The Labute approximate surface area is 531 Å². The monoisotopic (exact) mass is 1370 g/mol. The molecule has 6 fully saturated rings. The summed E-state index contributed by atoms with van der Waals surface area (Å²) in [7, 11) is 0. The Morgan fingerprint density at radius 1 is 0.626 bits per heavy atom. The predicted octanol–water partition coefficient (Wildman–Crippen LogP) is 2.88. The van der Waals surface area contributed by atoms with Gasteiger partial charge in [0.1, 0.15) is 48.7 Å². The molecule has 4 amide bonds. The van der Waals surface area contributed by atoms with Crippen molar-refractivity contribution in [2.24, 2.45) is 11.8 Å². The first kappa shape index (κ1) is 65.0. The number of carbonyl (C=O) groups is 4. The maximum atomic E-state index is 12.5. The Balaban J connectivity index is 0.000000166. The topological polar surface area (TPSA) is 442 Å². The highest BCUT2D eigenvalue weighted by atomic mass is 127. The van der Waals surface area contributed by atoms with Crippen LogP contribution in [0, 0.1) is 60.1 Å². The van der Waals surface area contributed by atoms with Crippen LogP contribution in [0.15, 0.2) is 61.2 Å². The fourth-order valence-electron chi connectivity index (χ4n) is 10.5. The van der Waals surface area contributed by atoms with Gasteiger partial charge in [0.05, 0.1) is 22.5 Å². The zero-order chi connectivity index (χ0) is 64.6. The normalized spacial score (nSPS) is 23.1. The summed E-state index contributed by atoms with van der Waals surface area (Å²) in [6.07, 6.45) is 5.39. The molecule has 32 nitrogen and oxygen atoms in total. The lowest BCUT2D eigenvalue weighted by Gasteiger charge is -2.30. The van der Waals surface area contributed by atoms with E-state index in [0.717, 1.165) is 63.4 Å². The molecule has 8 atom stereocenters. The number of ether oxygens (including phenoxy) is 4. The van der Waals surface area contributed by atoms with E-state index in [4.69, 9.17) is 36.8 Å². The maximum absolute atomic E-state index is 12.5. The van der Waals surface area contributed by atoms with Crippen molar-refractivity contribution in [2.45, 2.75) is 139 Å². The molecule has 33 heteroatoms. The van der Waals surface area contributed by atoms with E-state index in [1.54, 1.807) is 34.1 Å². The van der Waals surface area contributed by atoms with Gasteiger partial charge in [-0.25, -0.2) is 39.5 Å². The number of non-ortho nitro benzene ring substituents is 2. The average molecular weight is 1370 g/mol. The third kappa shape index (κ3) is 16.0. The number of nitro groups is 2. The van der Waals surface area contributed by atoms with Crippen molar-refractivity contribution in [3.05, 3.63) is 102 Å². The van der Waals surface area contributed by atoms with Gasteiger partial charge in [0.2, 0.25) is 5.82 Å². The van der Waals surface area contributed by atoms with E-state index in [9.17, 15) is 59.8 Å². The summed E-state index contributed by atoms with van der Waals surface area (Å²) in [5.74, 6) is 8.93. The summed E-state index contributed by atoms with van der Waals surface area (Å²) in [4.78, 5) is 98.2. The minimum atomic E-state index is -1.44. The Kier molecular flexibility index (Phi) is 20.6. The molecule has 2 aromatic carbocycles. The predicted molar refractivity (Wildman–Crippen MR) is 326 cm³/mol. The molecule has 2 saturated carbocycles. The van der Waals surface area contributed by atoms with Gasteiger partial charge in [-0.05, 0) is 105 Å². The van der Waals surface area contributed by atoms with Crippen molar-refractivity contribution in [1.82, 2.24) is 59.5 Å². The van der Waals surface area contributed by atoms with Gasteiger partial charge in [-0.3, -0.25) is 39.0 Å². The molecule has 4 saturated heterocycles. The summed E-state index contributed by atoms with van der Waals surface area (Å²) in [6.45, 7) is 2.47. The number of piperidine rings is 2. The maximum Gasteiger partial charge on any atom is 0.410 e. The Hall–Kier alpha value is -8.97. The number of nitrogens with zero attached hydrogens (tertiary/aromatic N) is 12. The molecule has 480 valence electrons. The zero-order valence-electron chi connectivity index (χ0n) is 48.7. The van der Waals surface area contributed by atoms with Crippen LogP contribution in [0.4, 0.5) is 32.6 Å². The number of hydrogen-bond donors (Lipinski definition) is 8. The van der Waals surface area contributed by atoms with Gasteiger partial charge in [-0.2, -0.15) is 0 Å². The second-order valence-electron chi connectivity index (χ2n) is 22.6. The number of benzene rings is 2. The van der Waals surface area contributed by atoms with Crippen LogP contribution < -0.4 is 22.1 Å². The first-order valence-corrected chi connectivity index (χ1v) is 30.3. The highest BCUT2D eigenvalue weighted by molar-refractivity contribution is 14.1. The molecule has 0 radical (unpaired) electrons. The van der Waals surface area contributed by atoms with Gasteiger partial charge < -0.3 is 71.3 Å². The Bertz CT molecular complexity index is 3760.